The van der Waals surface area contributed by atoms with Gasteiger partial charge in [0.15, 0.2) is 0 Å². The molecule has 3 nitrogen and oxygen atoms in total. The lowest BCUT2D eigenvalue weighted by Gasteiger charge is -2.08. The molecule has 2 aromatic rings. The lowest BCUT2D eigenvalue weighted by Crippen LogP contribution is -2.22. The molecule has 1 aliphatic carbocycles. The maximum atomic E-state index is 6.14. The lowest BCUT2D eigenvalue weighted by molar-refractivity contribution is 0.526. The number of para-hydroxylation sites is 1. The molecule has 96 valence electrons. The van der Waals surface area contributed by atoms with Crippen LogP contribution in [0.5, 0.6) is 0 Å². The Balaban J connectivity index is 1.67. The van der Waals surface area contributed by atoms with Gasteiger partial charge in [-0.3, -0.25) is 4.68 Å². The molecule has 0 spiro atoms. The minimum absolute atomic E-state index is 0.417. The van der Waals surface area contributed by atoms with Gasteiger partial charge in [0.25, 0.3) is 0 Å². The van der Waals surface area contributed by atoms with E-state index in [9.17, 15) is 0 Å². The lowest BCUT2D eigenvalue weighted by atomic mass is 10.0. The van der Waals surface area contributed by atoms with Crippen molar-refractivity contribution in [2.24, 2.45) is 18.7 Å². The fraction of sp³-hybridized carbons (Fsp3) is 0.533. The second kappa shape index (κ2) is 4.73. The molecule has 0 aliphatic heterocycles. The highest BCUT2D eigenvalue weighted by Gasteiger charge is 2.27. The van der Waals surface area contributed by atoms with Crippen molar-refractivity contribution in [3.63, 3.8) is 0 Å². The van der Waals surface area contributed by atoms with Crippen LogP contribution < -0.4 is 5.73 Å². The molecule has 0 bridgehead atoms. The summed E-state index contributed by atoms with van der Waals surface area (Å²) in [6.07, 6.45) is 6.01. The quantitative estimate of drug-likeness (QED) is 0.877. The molecule has 0 saturated heterocycles. The SMILES string of the molecule is Cn1nc(CCCC(N)C2CC2)c2ccccc21. The van der Waals surface area contributed by atoms with Crippen LogP contribution in [-0.4, -0.2) is 15.8 Å². The zero-order valence-corrected chi connectivity index (χ0v) is 11.0. The van der Waals surface area contributed by atoms with Gasteiger partial charge >= 0.3 is 0 Å². The van der Waals surface area contributed by atoms with Gasteiger partial charge in [-0.15, -0.1) is 0 Å². The summed E-state index contributed by atoms with van der Waals surface area (Å²) in [5.41, 5.74) is 8.58. The molecule has 1 fully saturated rings. The summed E-state index contributed by atoms with van der Waals surface area (Å²) in [4.78, 5) is 0. The Hall–Kier alpha value is -1.35. The third kappa shape index (κ3) is 2.27. The van der Waals surface area contributed by atoms with E-state index >= 15 is 0 Å². The van der Waals surface area contributed by atoms with E-state index in [1.165, 1.54) is 29.4 Å². The molecular formula is C15H21N3. The zero-order chi connectivity index (χ0) is 12.5. The Bertz CT molecular complexity index is 540. The highest BCUT2D eigenvalue weighted by Crippen LogP contribution is 2.33. The molecule has 1 aliphatic rings. The Labute approximate surface area is 108 Å². The topological polar surface area (TPSA) is 43.8 Å². The Morgan fingerprint density at radius 3 is 2.94 bits per heavy atom. The number of aromatic nitrogens is 2. The smallest absolute Gasteiger partial charge is 0.0703 e. The van der Waals surface area contributed by atoms with Crippen LogP contribution in [-0.2, 0) is 13.5 Å². The minimum Gasteiger partial charge on any atom is -0.327 e. The highest BCUT2D eigenvalue weighted by atomic mass is 15.3. The van der Waals surface area contributed by atoms with E-state index in [1.807, 2.05) is 11.7 Å². The number of hydrogen-bond donors (Lipinski definition) is 1. The van der Waals surface area contributed by atoms with E-state index in [2.05, 4.69) is 29.4 Å². The van der Waals surface area contributed by atoms with Crippen molar-refractivity contribution in [2.45, 2.75) is 38.1 Å². The molecule has 3 rings (SSSR count). The molecule has 0 radical (unpaired) electrons. The summed E-state index contributed by atoms with van der Waals surface area (Å²) in [5.74, 6) is 0.811. The average Bonchev–Trinajstić information content (AvgIpc) is 3.17. The molecular weight excluding hydrogens is 222 g/mol. The maximum Gasteiger partial charge on any atom is 0.0703 e. The first-order valence-electron chi connectivity index (χ1n) is 6.92. The van der Waals surface area contributed by atoms with Gasteiger partial charge in [0, 0.05) is 18.5 Å². The van der Waals surface area contributed by atoms with E-state index in [-0.39, 0.29) is 0 Å². The highest BCUT2D eigenvalue weighted by molar-refractivity contribution is 5.81. The first-order chi connectivity index (χ1) is 8.75. The molecule has 2 N–H and O–H groups in total. The first kappa shape index (κ1) is 11.7. The predicted molar refractivity (Wildman–Crippen MR) is 74.4 cm³/mol. The van der Waals surface area contributed by atoms with Crippen molar-refractivity contribution >= 4 is 10.9 Å². The summed E-state index contributed by atoms with van der Waals surface area (Å²) in [6.45, 7) is 0. The first-order valence-corrected chi connectivity index (χ1v) is 6.92. The van der Waals surface area contributed by atoms with Crippen LogP contribution in [0.4, 0.5) is 0 Å². The van der Waals surface area contributed by atoms with Crippen LogP contribution >= 0.6 is 0 Å². The fourth-order valence-electron chi connectivity index (χ4n) is 2.74. The largest absolute Gasteiger partial charge is 0.327 e. The number of benzene rings is 1. The van der Waals surface area contributed by atoms with Gasteiger partial charge in [-0.25, -0.2) is 0 Å². The average molecular weight is 243 g/mol. The van der Waals surface area contributed by atoms with E-state index in [0.29, 0.717) is 6.04 Å². The predicted octanol–water partition coefficient (Wildman–Crippen LogP) is 2.63. The van der Waals surface area contributed by atoms with Crippen LogP contribution in [0.15, 0.2) is 24.3 Å². The zero-order valence-electron chi connectivity index (χ0n) is 11.0. The molecule has 3 heteroatoms. The van der Waals surface area contributed by atoms with Crippen molar-refractivity contribution in [1.29, 1.82) is 0 Å². The van der Waals surface area contributed by atoms with Crippen LogP contribution in [0.25, 0.3) is 10.9 Å². The molecule has 0 amide bonds. The second-order valence-electron chi connectivity index (χ2n) is 5.48. The summed E-state index contributed by atoms with van der Waals surface area (Å²) < 4.78 is 1.98. The number of aryl methyl sites for hydroxylation is 2. The van der Waals surface area contributed by atoms with E-state index in [1.54, 1.807) is 0 Å². The minimum atomic E-state index is 0.417. The van der Waals surface area contributed by atoms with Crippen LogP contribution in [0.2, 0.25) is 0 Å². The Morgan fingerprint density at radius 2 is 2.17 bits per heavy atom. The van der Waals surface area contributed by atoms with Gasteiger partial charge in [0.2, 0.25) is 0 Å². The molecule has 1 aromatic heterocycles. The molecule has 1 atom stereocenters. The Kier molecular flexibility index (Phi) is 3.08. The van der Waals surface area contributed by atoms with Crippen molar-refractivity contribution in [3.8, 4) is 0 Å². The summed E-state index contributed by atoms with van der Waals surface area (Å²) in [5, 5.41) is 5.91. The monoisotopic (exact) mass is 243 g/mol. The molecule has 1 heterocycles. The summed E-state index contributed by atoms with van der Waals surface area (Å²) in [7, 11) is 2.02. The van der Waals surface area contributed by atoms with Gasteiger partial charge < -0.3 is 5.73 Å². The Morgan fingerprint density at radius 1 is 1.39 bits per heavy atom. The summed E-state index contributed by atoms with van der Waals surface area (Å²) in [6, 6.07) is 8.86. The van der Waals surface area contributed by atoms with E-state index in [4.69, 9.17) is 5.73 Å². The van der Waals surface area contributed by atoms with E-state index in [0.717, 1.165) is 25.2 Å². The van der Waals surface area contributed by atoms with Crippen molar-refractivity contribution < 1.29 is 0 Å². The van der Waals surface area contributed by atoms with Crippen molar-refractivity contribution in [2.75, 3.05) is 0 Å². The van der Waals surface area contributed by atoms with Crippen LogP contribution in [0, 0.1) is 5.92 Å². The van der Waals surface area contributed by atoms with E-state index < -0.39 is 0 Å². The number of fused-ring (bicyclic) bond motifs is 1. The van der Waals surface area contributed by atoms with Crippen molar-refractivity contribution in [1.82, 2.24) is 9.78 Å². The number of rotatable bonds is 5. The van der Waals surface area contributed by atoms with Gasteiger partial charge in [-0.1, -0.05) is 18.2 Å². The fourth-order valence-corrected chi connectivity index (χ4v) is 2.74. The standard InChI is InChI=1S/C15H21N3/c1-18-15-8-3-2-5-12(15)14(17-18)7-4-6-13(16)11-9-10-11/h2-3,5,8,11,13H,4,6-7,9-10,16H2,1H3. The number of nitrogens with zero attached hydrogens (tertiary/aromatic N) is 2. The van der Waals surface area contributed by atoms with Crippen LogP contribution in [0.3, 0.4) is 0 Å². The molecule has 1 aromatic carbocycles. The maximum absolute atomic E-state index is 6.14. The van der Waals surface area contributed by atoms with Gasteiger partial charge in [-0.05, 0) is 44.1 Å². The third-order valence-corrected chi connectivity index (χ3v) is 4.01. The number of nitrogens with two attached hydrogens (primary N) is 1. The second-order valence-corrected chi connectivity index (χ2v) is 5.48. The van der Waals surface area contributed by atoms with Gasteiger partial charge in [0.1, 0.15) is 0 Å². The molecule has 1 saturated carbocycles. The van der Waals surface area contributed by atoms with Gasteiger partial charge in [-0.2, -0.15) is 5.10 Å². The number of hydrogen-bond acceptors (Lipinski definition) is 2. The van der Waals surface area contributed by atoms with Crippen LogP contribution in [0.1, 0.15) is 31.4 Å². The van der Waals surface area contributed by atoms with Gasteiger partial charge in [0.05, 0.1) is 11.2 Å². The summed E-state index contributed by atoms with van der Waals surface area (Å²) >= 11 is 0. The normalized spacial score (nSPS) is 17.2. The third-order valence-electron chi connectivity index (χ3n) is 4.01. The molecule has 1 unspecified atom stereocenters. The van der Waals surface area contributed by atoms with Crippen molar-refractivity contribution in [3.05, 3.63) is 30.0 Å². The molecule has 18 heavy (non-hydrogen) atoms.